The van der Waals surface area contributed by atoms with Crippen molar-refractivity contribution in [3.8, 4) is 0 Å². The zero-order valence-corrected chi connectivity index (χ0v) is 16.6. The summed E-state index contributed by atoms with van der Waals surface area (Å²) in [7, 11) is 2.08. The molecule has 0 radical (unpaired) electrons. The van der Waals surface area contributed by atoms with Gasteiger partial charge in [0.1, 0.15) is 0 Å². The number of benzene rings is 2. The average Bonchev–Trinajstić information content (AvgIpc) is 2.71. The number of amides is 1. The fraction of sp³-hybridized carbons (Fsp3) is 0.435. The number of fused-ring (bicyclic) bond motifs is 1. The van der Waals surface area contributed by atoms with Gasteiger partial charge in [0, 0.05) is 6.54 Å². The Balaban J connectivity index is 1.90. The summed E-state index contributed by atoms with van der Waals surface area (Å²) in [5.41, 5.74) is 1.45. The fourth-order valence-corrected chi connectivity index (χ4v) is 5.06. The first-order valence-electron chi connectivity index (χ1n) is 10.1. The van der Waals surface area contributed by atoms with Gasteiger partial charge in [-0.2, -0.15) is 0 Å². The molecule has 0 aromatic heterocycles. The second-order valence-electron chi connectivity index (χ2n) is 8.28. The molecule has 154 valence electrons. The van der Waals surface area contributed by atoms with E-state index < -0.39 is 23.3 Å². The molecule has 2 aromatic carbocycles. The molecule has 1 saturated heterocycles. The highest BCUT2D eigenvalue weighted by Gasteiger charge is 2.48. The van der Waals surface area contributed by atoms with Crippen LogP contribution in [0.1, 0.15) is 36.0 Å². The molecule has 1 N–H and O–H groups in total. The molecule has 6 heteroatoms. The van der Waals surface area contributed by atoms with Crippen molar-refractivity contribution in [2.75, 3.05) is 26.7 Å². The van der Waals surface area contributed by atoms with Gasteiger partial charge in [-0.3, -0.25) is 4.90 Å². The molecule has 29 heavy (non-hydrogen) atoms. The maximum absolute atomic E-state index is 14.3. The van der Waals surface area contributed by atoms with Crippen LogP contribution >= 0.6 is 0 Å². The average molecular weight is 400 g/mol. The lowest BCUT2D eigenvalue weighted by Crippen LogP contribution is -2.55. The summed E-state index contributed by atoms with van der Waals surface area (Å²) in [5.74, 6) is -1.57. The predicted molar refractivity (Wildman–Crippen MR) is 107 cm³/mol. The van der Waals surface area contributed by atoms with Gasteiger partial charge in [-0.05, 0) is 80.6 Å². The minimum Gasteiger partial charge on any atom is -0.465 e. The maximum Gasteiger partial charge on any atom is 0.408 e. The smallest absolute Gasteiger partial charge is 0.408 e. The monoisotopic (exact) mass is 400 g/mol. The summed E-state index contributed by atoms with van der Waals surface area (Å²) in [6.07, 6.45) is 2.06. The molecule has 1 fully saturated rings. The van der Waals surface area contributed by atoms with Gasteiger partial charge < -0.3 is 10.0 Å². The normalized spacial score (nSPS) is 23.1. The Kier molecular flexibility index (Phi) is 5.30. The second kappa shape index (κ2) is 7.75. The zero-order valence-electron chi connectivity index (χ0n) is 16.6. The van der Waals surface area contributed by atoms with E-state index in [-0.39, 0.29) is 0 Å². The highest BCUT2D eigenvalue weighted by molar-refractivity contribution is 5.69. The fourth-order valence-electron chi connectivity index (χ4n) is 5.06. The van der Waals surface area contributed by atoms with Gasteiger partial charge in [-0.15, -0.1) is 0 Å². The van der Waals surface area contributed by atoms with Crippen molar-refractivity contribution in [3.05, 3.63) is 70.8 Å². The van der Waals surface area contributed by atoms with Crippen LogP contribution in [0.3, 0.4) is 0 Å². The Morgan fingerprint density at radius 3 is 2.52 bits per heavy atom. The molecule has 0 spiro atoms. The highest BCUT2D eigenvalue weighted by Crippen LogP contribution is 2.47. The third kappa shape index (κ3) is 3.50. The number of hydrogen-bond donors (Lipinski definition) is 1. The van der Waals surface area contributed by atoms with E-state index in [9.17, 15) is 18.7 Å². The molecule has 1 unspecified atom stereocenters. The van der Waals surface area contributed by atoms with Crippen LogP contribution in [-0.4, -0.2) is 47.7 Å². The quantitative estimate of drug-likeness (QED) is 0.826. The van der Waals surface area contributed by atoms with Crippen molar-refractivity contribution in [1.82, 2.24) is 9.80 Å². The molecule has 0 bridgehead atoms. The minimum absolute atomic E-state index is 0.298. The topological polar surface area (TPSA) is 43.8 Å². The molecular weight excluding hydrogens is 374 g/mol. The molecule has 2 aromatic rings. The largest absolute Gasteiger partial charge is 0.465 e. The first kappa shape index (κ1) is 19.8. The Labute approximate surface area is 169 Å². The van der Waals surface area contributed by atoms with E-state index in [2.05, 4.69) is 11.9 Å². The van der Waals surface area contributed by atoms with Crippen molar-refractivity contribution in [2.45, 2.75) is 31.2 Å². The number of piperidine rings is 1. The third-order valence-corrected chi connectivity index (χ3v) is 6.58. The van der Waals surface area contributed by atoms with Crippen molar-refractivity contribution in [1.29, 1.82) is 0 Å². The van der Waals surface area contributed by atoms with Crippen molar-refractivity contribution < 1.29 is 18.7 Å². The van der Waals surface area contributed by atoms with Gasteiger partial charge in [-0.25, -0.2) is 13.6 Å². The van der Waals surface area contributed by atoms with Crippen LogP contribution in [0.5, 0.6) is 0 Å². The molecular formula is C23H26F2N2O2. The number of nitrogens with zero attached hydrogens (tertiary/aromatic N) is 2. The van der Waals surface area contributed by atoms with Crippen molar-refractivity contribution in [2.24, 2.45) is 5.92 Å². The van der Waals surface area contributed by atoms with Crippen LogP contribution in [0.4, 0.5) is 13.6 Å². The highest BCUT2D eigenvalue weighted by atomic mass is 19.2. The summed E-state index contributed by atoms with van der Waals surface area (Å²) in [6.45, 7) is 2.23. The van der Waals surface area contributed by atoms with Crippen molar-refractivity contribution >= 4 is 6.09 Å². The summed E-state index contributed by atoms with van der Waals surface area (Å²) >= 11 is 0. The molecule has 2 aliphatic heterocycles. The van der Waals surface area contributed by atoms with Crippen LogP contribution < -0.4 is 0 Å². The van der Waals surface area contributed by atoms with Gasteiger partial charge in [0.05, 0.1) is 5.54 Å². The van der Waals surface area contributed by atoms with Crippen LogP contribution in [0.2, 0.25) is 0 Å². The SMILES string of the molecule is CN1CCC(CC2(c3ccc(F)c(F)c3)c3ccccc3CCN2C(=O)O)CC1. The summed E-state index contributed by atoms with van der Waals surface area (Å²) in [4.78, 5) is 16.1. The zero-order chi connectivity index (χ0) is 20.6. The first-order chi connectivity index (χ1) is 13.9. The van der Waals surface area contributed by atoms with Crippen LogP contribution in [0.15, 0.2) is 42.5 Å². The molecule has 4 rings (SSSR count). The lowest BCUT2D eigenvalue weighted by Gasteiger charge is -2.49. The van der Waals surface area contributed by atoms with Gasteiger partial charge in [-0.1, -0.05) is 30.3 Å². The van der Waals surface area contributed by atoms with E-state index in [1.165, 1.54) is 11.0 Å². The second-order valence-corrected chi connectivity index (χ2v) is 8.28. The van der Waals surface area contributed by atoms with Crippen LogP contribution in [0.25, 0.3) is 0 Å². The lowest BCUT2D eigenvalue weighted by atomic mass is 9.69. The first-order valence-corrected chi connectivity index (χ1v) is 10.1. The van der Waals surface area contributed by atoms with Crippen molar-refractivity contribution in [3.63, 3.8) is 0 Å². The molecule has 0 aliphatic carbocycles. The van der Waals surface area contributed by atoms with E-state index in [0.29, 0.717) is 30.9 Å². The number of carbonyl (C=O) groups is 1. The Bertz CT molecular complexity index is 912. The molecule has 1 atom stereocenters. The Morgan fingerprint density at radius 2 is 1.83 bits per heavy atom. The summed E-state index contributed by atoms with van der Waals surface area (Å²) < 4.78 is 28.0. The van der Waals surface area contributed by atoms with E-state index in [1.807, 2.05) is 24.3 Å². The van der Waals surface area contributed by atoms with Crippen LogP contribution in [0, 0.1) is 17.6 Å². The lowest BCUT2D eigenvalue weighted by molar-refractivity contribution is 0.0625. The molecule has 2 heterocycles. The number of halogens is 2. The van der Waals surface area contributed by atoms with E-state index in [4.69, 9.17) is 0 Å². The number of carboxylic acid groups (broad SMARTS) is 1. The number of hydrogen-bond acceptors (Lipinski definition) is 2. The van der Waals surface area contributed by atoms with E-state index in [1.54, 1.807) is 6.07 Å². The Morgan fingerprint density at radius 1 is 1.10 bits per heavy atom. The van der Waals surface area contributed by atoms with Gasteiger partial charge in [0.25, 0.3) is 0 Å². The number of likely N-dealkylation sites (tertiary alicyclic amines) is 1. The summed E-state index contributed by atoms with van der Waals surface area (Å²) in [6, 6.07) is 11.6. The molecule has 0 saturated carbocycles. The number of rotatable bonds is 3. The molecule has 2 aliphatic rings. The van der Waals surface area contributed by atoms with Gasteiger partial charge >= 0.3 is 6.09 Å². The third-order valence-electron chi connectivity index (χ3n) is 6.58. The van der Waals surface area contributed by atoms with Crippen LogP contribution in [-0.2, 0) is 12.0 Å². The maximum atomic E-state index is 14.3. The summed E-state index contributed by atoms with van der Waals surface area (Å²) in [5, 5.41) is 10.1. The Hall–Kier alpha value is -2.47. The minimum atomic E-state index is -1.03. The molecule has 4 nitrogen and oxygen atoms in total. The van der Waals surface area contributed by atoms with E-state index >= 15 is 0 Å². The van der Waals surface area contributed by atoms with Gasteiger partial charge in [0.15, 0.2) is 11.6 Å². The van der Waals surface area contributed by atoms with Gasteiger partial charge in [0.2, 0.25) is 0 Å². The molecule has 1 amide bonds. The standard InChI is InChI=1S/C23H26F2N2O2/c1-26-11-8-16(9-12-26)15-23(18-6-7-20(24)21(25)14-18)19-5-3-2-4-17(19)10-13-27(23)22(28)29/h2-7,14,16H,8-13,15H2,1H3,(H,28,29). The predicted octanol–water partition coefficient (Wildman–Crippen LogP) is 4.48. The van der Waals surface area contributed by atoms with E-state index in [0.717, 1.165) is 43.1 Å².